The Bertz CT molecular complexity index is 1120. The van der Waals surface area contributed by atoms with Gasteiger partial charge in [-0.15, -0.1) is 11.3 Å². The average Bonchev–Trinajstić information content (AvgIpc) is 3.32. The smallest absolute Gasteiger partial charge is 0.137 e. The van der Waals surface area contributed by atoms with Crippen molar-refractivity contribution in [2.75, 3.05) is 0 Å². The number of aromatic nitrogens is 5. The lowest BCUT2D eigenvalue weighted by atomic mass is 10.1. The maximum Gasteiger partial charge on any atom is 0.137 e. The zero-order valence-corrected chi connectivity index (χ0v) is 12.8. The summed E-state index contributed by atoms with van der Waals surface area (Å²) in [6.07, 6.45) is 7.39. The number of aromatic amines is 2. The minimum atomic E-state index is 0.876. The molecule has 0 radical (unpaired) electrons. The second-order valence-corrected chi connectivity index (χ2v) is 6.19. The van der Waals surface area contributed by atoms with Gasteiger partial charge in [0.15, 0.2) is 0 Å². The number of thiazole rings is 1. The molecule has 6 heteroatoms. The molecule has 1 aromatic carbocycles. The van der Waals surface area contributed by atoms with E-state index in [-0.39, 0.29) is 0 Å². The number of fused-ring (bicyclic) bond motifs is 2. The molecule has 4 heterocycles. The molecule has 0 spiro atoms. The van der Waals surface area contributed by atoms with Gasteiger partial charge in [-0.2, -0.15) is 0 Å². The Labute approximate surface area is 135 Å². The van der Waals surface area contributed by atoms with Gasteiger partial charge in [-0.1, -0.05) is 6.07 Å². The van der Waals surface area contributed by atoms with E-state index in [1.54, 1.807) is 17.7 Å². The molecule has 5 rings (SSSR count). The van der Waals surface area contributed by atoms with E-state index >= 15 is 0 Å². The number of hydrogen-bond donors (Lipinski definition) is 2. The highest BCUT2D eigenvalue weighted by Gasteiger charge is 2.11. The van der Waals surface area contributed by atoms with E-state index < -0.39 is 0 Å². The molecule has 0 atom stereocenters. The van der Waals surface area contributed by atoms with E-state index in [1.807, 2.05) is 30.0 Å². The summed E-state index contributed by atoms with van der Waals surface area (Å²) >= 11 is 1.63. The summed E-state index contributed by atoms with van der Waals surface area (Å²) in [5, 5.41) is 4.07. The topological polar surface area (TPSA) is 70.2 Å². The van der Waals surface area contributed by atoms with Gasteiger partial charge >= 0.3 is 0 Å². The van der Waals surface area contributed by atoms with E-state index in [2.05, 4.69) is 43.1 Å². The molecule has 0 aliphatic carbocycles. The van der Waals surface area contributed by atoms with Crippen LogP contribution in [0.2, 0.25) is 0 Å². The summed E-state index contributed by atoms with van der Waals surface area (Å²) in [4.78, 5) is 19.6. The van der Waals surface area contributed by atoms with Crippen LogP contribution in [0.25, 0.3) is 43.8 Å². The molecule has 5 aromatic rings. The molecule has 0 unspecified atom stereocenters. The van der Waals surface area contributed by atoms with E-state index in [9.17, 15) is 0 Å². The van der Waals surface area contributed by atoms with Crippen LogP contribution in [0.1, 0.15) is 0 Å². The van der Waals surface area contributed by atoms with Gasteiger partial charge in [-0.3, -0.25) is 0 Å². The predicted octanol–water partition coefficient (Wildman–Crippen LogP) is 4.23. The van der Waals surface area contributed by atoms with Crippen LogP contribution in [0.4, 0.5) is 0 Å². The van der Waals surface area contributed by atoms with Crippen molar-refractivity contribution < 1.29 is 0 Å². The minimum Gasteiger partial charge on any atom is -0.345 e. The van der Waals surface area contributed by atoms with Crippen molar-refractivity contribution in [2.24, 2.45) is 0 Å². The van der Waals surface area contributed by atoms with Gasteiger partial charge in [0, 0.05) is 40.5 Å². The number of nitrogens with one attached hydrogen (secondary N) is 2. The zero-order valence-electron chi connectivity index (χ0n) is 11.9. The number of rotatable bonds is 2. The zero-order chi connectivity index (χ0) is 15.2. The van der Waals surface area contributed by atoms with Crippen molar-refractivity contribution in [3.05, 3.63) is 54.6 Å². The fourth-order valence-corrected chi connectivity index (χ4v) is 3.48. The number of imidazole rings is 1. The van der Waals surface area contributed by atoms with E-state index in [4.69, 9.17) is 0 Å². The van der Waals surface area contributed by atoms with Gasteiger partial charge in [-0.25, -0.2) is 15.0 Å². The molecular formula is C17H11N5S. The lowest BCUT2D eigenvalue weighted by Gasteiger charge is -2.02. The predicted molar refractivity (Wildman–Crippen MR) is 92.3 cm³/mol. The molecule has 4 aromatic heterocycles. The molecule has 2 N–H and O–H groups in total. The van der Waals surface area contributed by atoms with Crippen LogP contribution in [0.15, 0.2) is 54.6 Å². The fraction of sp³-hybridized carbons (Fsp3) is 0. The molecule has 0 amide bonds. The highest BCUT2D eigenvalue weighted by Crippen LogP contribution is 2.32. The van der Waals surface area contributed by atoms with Crippen LogP contribution in [0.3, 0.4) is 0 Å². The molecule has 23 heavy (non-hydrogen) atoms. The number of hydrogen-bond acceptors (Lipinski definition) is 4. The van der Waals surface area contributed by atoms with Crippen molar-refractivity contribution in [1.29, 1.82) is 0 Å². The first-order valence-electron chi connectivity index (χ1n) is 7.19. The average molecular weight is 317 g/mol. The van der Waals surface area contributed by atoms with Gasteiger partial charge in [-0.05, 0) is 23.8 Å². The van der Waals surface area contributed by atoms with Crippen molar-refractivity contribution >= 4 is 33.4 Å². The standard InChI is InChI=1S/C17H11N5S/c1-2-14-15(22-9-21-14)6-10(1)11-5-12-13(17-18-3-4-23-17)8-20-16(12)19-7-11/h1-9H,(H,19,20)(H,21,22). The van der Waals surface area contributed by atoms with Crippen LogP contribution < -0.4 is 0 Å². The largest absolute Gasteiger partial charge is 0.345 e. The Hall–Kier alpha value is -2.99. The first kappa shape index (κ1) is 12.5. The van der Waals surface area contributed by atoms with E-state index in [0.29, 0.717) is 0 Å². The van der Waals surface area contributed by atoms with Crippen LogP contribution in [-0.2, 0) is 0 Å². The molecule has 0 aliphatic heterocycles. The Morgan fingerprint density at radius 2 is 1.96 bits per heavy atom. The lowest BCUT2D eigenvalue weighted by molar-refractivity contribution is 1.32. The fourth-order valence-electron chi connectivity index (χ4n) is 2.81. The van der Waals surface area contributed by atoms with Crippen molar-refractivity contribution in [3.63, 3.8) is 0 Å². The summed E-state index contributed by atoms with van der Waals surface area (Å²) in [6, 6.07) is 8.35. The maximum atomic E-state index is 4.55. The maximum absolute atomic E-state index is 4.55. The molecule has 110 valence electrons. The summed E-state index contributed by atoms with van der Waals surface area (Å²) in [5.74, 6) is 0. The molecule has 0 bridgehead atoms. The lowest BCUT2D eigenvalue weighted by Crippen LogP contribution is -1.83. The molecule has 0 fully saturated rings. The van der Waals surface area contributed by atoms with E-state index in [0.717, 1.165) is 43.8 Å². The Morgan fingerprint density at radius 1 is 0.957 bits per heavy atom. The van der Waals surface area contributed by atoms with Gasteiger partial charge in [0.25, 0.3) is 0 Å². The second-order valence-electron chi connectivity index (χ2n) is 5.29. The first-order chi connectivity index (χ1) is 11.4. The monoisotopic (exact) mass is 317 g/mol. The number of benzene rings is 1. The van der Waals surface area contributed by atoms with Crippen molar-refractivity contribution in [3.8, 4) is 21.7 Å². The molecular weight excluding hydrogens is 306 g/mol. The number of H-pyrrole nitrogens is 2. The van der Waals surface area contributed by atoms with Gasteiger partial charge < -0.3 is 9.97 Å². The third kappa shape index (κ3) is 1.96. The normalized spacial score (nSPS) is 11.5. The van der Waals surface area contributed by atoms with Crippen LogP contribution >= 0.6 is 11.3 Å². The Kier molecular flexibility index (Phi) is 2.59. The number of nitrogens with zero attached hydrogens (tertiary/aromatic N) is 3. The molecule has 0 aliphatic rings. The molecule has 0 saturated heterocycles. The van der Waals surface area contributed by atoms with Crippen molar-refractivity contribution in [1.82, 2.24) is 24.9 Å². The molecule has 0 saturated carbocycles. The van der Waals surface area contributed by atoms with Crippen LogP contribution in [0.5, 0.6) is 0 Å². The van der Waals surface area contributed by atoms with Gasteiger partial charge in [0.05, 0.1) is 17.4 Å². The van der Waals surface area contributed by atoms with Crippen molar-refractivity contribution in [2.45, 2.75) is 0 Å². The second kappa shape index (κ2) is 4.76. The quantitative estimate of drug-likeness (QED) is 0.512. The third-order valence-corrected chi connectivity index (χ3v) is 4.75. The highest BCUT2D eigenvalue weighted by atomic mass is 32.1. The molecule has 5 nitrogen and oxygen atoms in total. The minimum absolute atomic E-state index is 0.876. The third-order valence-electron chi connectivity index (χ3n) is 3.95. The Balaban J connectivity index is 1.71. The SMILES string of the molecule is c1csc(-c2c[nH]c3ncc(-c4ccc5nc[nH]c5c4)cc23)n1. The van der Waals surface area contributed by atoms with Crippen LogP contribution in [0, 0.1) is 0 Å². The Morgan fingerprint density at radius 3 is 2.87 bits per heavy atom. The first-order valence-corrected chi connectivity index (χ1v) is 8.07. The van der Waals surface area contributed by atoms with Crippen LogP contribution in [-0.4, -0.2) is 24.9 Å². The summed E-state index contributed by atoms with van der Waals surface area (Å²) in [7, 11) is 0. The van der Waals surface area contributed by atoms with Gasteiger partial charge in [0.2, 0.25) is 0 Å². The summed E-state index contributed by atoms with van der Waals surface area (Å²) in [5.41, 5.74) is 6.15. The highest BCUT2D eigenvalue weighted by molar-refractivity contribution is 7.13. The van der Waals surface area contributed by atoms with E-state index in [1.165, 1.54) is 0 Å². The van der Waals surface area contributed by atoms with Gasteiger partial charge in [0.1, 0.15) is 10.7 Å². The summed E-state index contributed by atoms with van der Waals surface area (Å²) in [6.45, 7) is 0. The number of pyridine rings is 1. The summed E-state index contributed by atoms with van der Waals surface area (Å²) < 4.78 is 0.